The fraction of sp³-hybridized carbons (Fsp3) is 0.150. The second kappa shape index (κ2) is 8.09. The Hall–Kier alpha value is -3.06. The molecule has 27 heavy (non-hydrogen) atoms. The summed E-state index contributed by atoms with van der Waals surface area (Å²) in [7, 11) is 1.53. The first-order valence-corrected chi connectivity index (χ1v) is 9.04. The predicted molar refractivity (Wildman–Crippen MR) is 105 cm³/mol. The summed E-state index contributed by atoms with van der Waals surface area (Å²) in [5, 5.41) is 2.20. The van der Waals surface area contributed by atoms with Gasteiger partial charge in [0.05, 0.1) is 12.0 Å². The van der Waals surface area contributed by atoms with Crippen molar-refractivity contribution in [2.24, 2.45) is 0 Å². The number of benzene rings is 2. The van der Waals surface area contributed by atoms with Gasteiger partial charge in [0.2, 0.25) is 5.91 Å². The Kier molecular flexibility index (Phi) is 5.61. The third-order valence-corrected chi connectivity index (χ3v) is 4.81. The molecule has 0 bridgehead atoms. The largest absolute Gasteiger partial charge is 0.497 e. The van der Waals surface area contributed by atoms with Gasteiger partial charge in [-0.25, -0.2) is 0 Å². The molecule has 0 atom stereocenters. The van der Waals surface area contributed by atoms with Crippen LogP contribution in [0.1, 0.15) is 11.1 Å². The molecule has 1 N–H and O–H groups in total. The molecule has 0 spiro atoms. The number of rotatable bonds is 5. The molecule has 1 fully saturated rings. The van der Waals surface area contributed by atoms with E-state index < -0.39 is 17.1 Å². The van der Waals surface area contributed by atoms with Gasteiger partial charge in [0.15, 0.2) is 0 Å². The van der Waals surface area contributed by atoms with Gasteiger partial charge in [-0.15, -0.1) is 0 Å². The normalized spacial score (nSPS) is 15.3. The number of nitrogens with zero attached hydrogens (tertiary/aromatic N) is 1. The first-order chi connectivity index (χ1) is 13.0. The standard InChI is InChI=1S/C20H18N2O4S/c1-13-6-8-14(9-7-13)10-17-19(24)22(20(25)27-17)12-18(23)21-15-4-3-5-16(11-15)26-2/h3-11H,12H2,1-2H3,(H,21,23)/b17-10-. The van der Waals surface area contributed by atoms with Crippen molar-refractivity contribution in [2.75, 3.05) is 19.0 Å². The van der Waals surface area contributed by atoms with Gasteiger partial charge in [0.25, 0.3) is 11.1 Å². The van der Waals surface area contributed by atoms with Crippen LogP contribution in [-0.2, 0) is 9.59 Å². The minimum atomic E-state index is -0.466. The third kappa shape index (κ3) is 4.57. The molecule has 6 nitrogen and oxygen atoms in total. The van der Waals surface area contributed by atoms with E-state index in [2.05, 4.69) is 5.32 Å². The maximum atomic E-state index is 12.5. The van der Waals surface area contributed by atoms with Gasteiger partial charge in [-0.3, -0.25) is 19.3 Å². The first-order valence-electron chi connectivity index (χ1n) is 8.22. The Morgan fingerprint density at radius 2 is 1.93 bits per heavy atom. The zero-order chi connectivity index (χ0) is 19.4. The molecule has 1 saturated heterocycles. The smallest absolute Gasteiger partial charge is 0.294 e. The average molecular weight is 382 g/mol. The van der Waals surface area contributed by atoms with Crippen molar-refractivity contribution >= 4 is 40.6 Å². The lowest BCUT2D eigenvalue weighted by atomic mass is 10.1. The number of nitrogens with one attached hydrogen (secondary N) is 1. The van der Waals surface area contributed by atoms with Crippen LogP contribution in [0.15, 0.2) is 53.4 Å². The van der Waals surface area contributed by atoms with Crippen LogP contribution in [0.3, 0.4) is 0 Å². The van der Waals surface area contributed by atoms with Crippen LogP contribution in [0.25, 0.3) is 6.08 Å². The van der Waals surface area contributed by atoms with Crippen LogP contribution >= 0.6 is 11.8 Å². The van der Waals surface area contributed by atoms with Crippen molar-refractivity contribution in [3.63, 3.8) is 0 Å². The fourth-order valence-corrected chi connectivity index (χ4v) is 3.33. The zero-order valence-corrected chi connectivity index (χ0v) is 15.7. The maximum absolute atomic E-state index is 12.5. The second-order valence-electron chi connectivity index (χ2n) is 5.96. The Bertz CT molecular complexity index is 922. The number of anilines is 1. The monoisotopic (exact) mass is 382 g/mol. The molecule has 0 aliphatic carbocycles. The number of ether oxygens (including phenoxy) is 1. The summed E-state index contributed by atoms with van der Waals surface area (Å²) < 4.78 is 5.10. The lowest BCUT2D eigenvalue weighted by Gasteiger charge is -2.12. The molecule has 2 aromatic rings. The van der Waals surface area contributed by atoms with Crippen LogP contribution in [0.2, 0.25) is 0 Å². The first kappa shape index (κ1) is 18.7. The Morgan fingerprint density at radius 3 is 2.63 bits per heavy atom. The van der Waals surface area contributed by atoms with E-state index in [0.29, 0.717) is 16.3 Å². The van der Waals surface area contributed by atoms with Gasteiger partial charge in [-0.2, -0.15) is 0 Å². The molecule has 1 aliphatic heterocycles. The van der Waals surface area contributed by atoms with E-state index in [1.54, 1.807) is 30.3 Å². The molecule has 3 rings (SSSR count). The molecule has 7 heteroatoms. The molecule has 0 aromatic heterocycles. The second-order valence-corrected chi connectivity index (χ2v) is 6.95. The fourth-order valence-electron chi connectivity index (χ4n) is 2.50. The van der Waals surface area contributed by atoms with Crippen LogP contribution in [0, 0.1) is 6.92 Å². The van der Waals surface area contributed by atoms with E-state index in [1.807, 2.05) is 31.2 Å². The molecule has 138 valence electrons. The van der Waals surface area contributed by atoms with Gasteiger partial charge in [0.1, 0.15) is 12.3 Å². The minimum Gasteiger partial charge on any atom is -0.497 e. The number of hydrogen-bond acceptors (Lipinski definition) is 5. The average Bonchev–Trinajstić information content (AvgIpc) is 2.91. The number of carbonyl (C=O) groups is 3. The summed E-state index contributed by atoms with van der Waals surface area (Å²) in [6, 6.07) is 14.4. The highest BCUT2D eigenvalue weighted by atomic mass is 32.2. The molecule has 0 saturated carbocycles. The molecule has 0 unspecified atom stereocenters. The third-order valence-electron chi connectivity index (χ3n) is 3.90. The van der Waals surface area contributed by atoms with E-state index >= 15 is 0 Å². The summed E-state index contributed by atoms with van der Waals surface area (Å²) in [5.74, 6) is -0.325. The van der Waals surface area contributed by atoms with Crippen molar-refractivity contribution in [1.29, 1.82) is 0 Å². The molecule has 2 aromatic carbocycles. The van der Waals surface area contributed by atoms with Gasteiger partial charge in [-0.1, -0.05) is 35.9 Å². The number of thioether (sulfide) groups is 1. The summed E-state index contributed by atoms with van der Waals surface area (Å²) >= 11 is 0.834. The highest BCUT2D eigenvalue weighted by molar-refractivity contribution is 8.18. The van der Waals surface area contributed by atoms with Gasteiger partial charge < -0.3 is 10.1 Å². The van der Waals surface area contributed by atoms with Crippen molar-refractivity contribution in [1.82, 2.24) is 4.90 Å². The molecule has 0 radical (unpaired) electrons. The van der Waals surface area contributed by atoms with Crippen molar-refractivity contribution in [3.8, 4) is 5.75 Å². The zero-order valence-electron chi connectivity index (χ0n) is 14.9. The Morgan fingerprint density at radius 1 is 1.19 bits per heavy atom. The SMILES string of the molecule is COc1cccc(NC(=O)CN2C(=O)S/C(=C\c3ccc(C)cc3)C2=O)c1. The van der Waals surface area contributed by atoms with E-state index in [1.165, 1.54) is 7.11 Å². The predicted octanol–water partition coefficient (Wildman–Crippen LogP) is 3.68. The van der Waals surface area contributed by atoms with E-state index in [0.717, 1.165) is 27.8 Å². The van der Waals surface area contributed by atoms with Crippen LogP contribution in [0.4, 0.5) is 10.5 Å². The number of amides is 3. The Labute approximate surface area is 161 Å². The summed E-state index contributed by atoms with van der Waals surface area (Å²) in [6.45, 7) is 1.63. The molecular weight excluding hydrogens is 364 g/mol. The van der Waals surface area contributed by atoms with E-state index in [4.69, 9.17) is 4.74 Å². The topological polar surface area (TPSA) is 75.7 Å². The summed E-state index contributed by atoms with van der Waals surface area (Å²) in [6.07, 6.45) is 1.66. The number of hydrogen-bond donors (Lipinski definition) is 1. The van der Waals surface area contributed by atoms with Crippen LogP contribution < -0.4 is 10.1 Å². The van der Waals surface area contributed by atoms with Gasteiger partial charge in [0, 0.05) is 11.8 Å². The summed E-state index contributed by atoms with van der Waals surface area (Å²) in [4.78, 5) is 38.1. The van der Waals surface area contributed by atoms with E-state index in [9.17, 15) is 14.4 Å². The van der Waals surface area contributed by atoms with Crippen molar-refractivity contribution in [2.45, 2.75) is 6.92 Å². The molecule has 1 aliphatic rings. The number of aryl methyl sites for hydroxylation is 1. The molecular formula is C20H18N2O4S. The van der Waals surface area contributed by atoms with Crippen molar-refractivity contribution in [3.05, 3.63) is 64.6 Å². The Balaban J connectivity index is 1.68. The lowest BCUT2D eigenvalue weighted by Crippen LogP contribution is -2.36. The highest BCUT2D eigenvalue weighted by Crippen LogP contribution is 2.32. The van der Waals surface area contributed by atoms with Crippen LogP contribution in [-0.4, -0.2) is 35.6 Å². The van der Waals surface area contributed by atoms with Gasteiger partial charge >= 0.3 is 0 Å². The lowest BCUT2D eigenvalue weighted by molar-refractivity contribution is -0.127. The quantitative estimate of drug-likeness (QED) is 0.799. The minimum absolute atomic E-state index is 0.304. The highest BCUT2D eigenvalue weighted by Gasteiger charge is 2.36. The van der Waals surface area contributed by atoms with Gasteiger partial charge in [-0.05, 0) is 42.5 Å². The molecule has 1 heterocycles. The summed E-state index contributed by atoms with van der Waals surface area (Å²) in [5.41, 5.74) is 2.46. The number of imide groups is 1. The van der Waals surface area contributed by atoms with E-state index in [-0.39, 0.29) is 6.54 Å². The van der Waals surface area contributed by atoms with Crippen molar-refractivity contribution < 1.29 is 19.1 Å². The number of carbonyl (C=O) groups excluding carboxylic acids is 3. The maximum Gasteiger partial charge on any atom is 0.294 e. The number of methoxy groups -OCH3 is 1. The van der Waals surface area contributed by atoms with Crippen LogP contribution in [0.5, 0.6) is 5.75 Å². The molecule has 3 amide bonds.